The molecule has 38 heavy (non-hydrogen) atoms. The molecule has 0 aromatic rings. The first-order chi connectivity index (χ1) is 18.0. The predicted octanol–water partition coefficient (Wildman–Crippen LogP) is 4.90. The largest absolute Gasteiger partial charge is 0.481 e. The van der Waals surface area contributed by atoms with Gasteiger partial charge in [-0.25, -0.2) is 0 Å². The number of nitrogens with zero attached hydrogens (tertiary/aromatic N) is 1. The summed E-state index contributed by atoms with van der Waals surface area (Å²) in [4.78, 5) is 29.1. The fraction of sp³-hybridized carbons (Fsp3) is 0.800. The SMILES string of the molecule is C=C(Br)CN1C[C@H](OCC23C[C@@H]4[C@H](C)CC[C@H]4[C@@]4(C=O)CC2C=C(C(C)C)[C@@]34C(=O)O)O[C@H](C)[C@@H](OC)C1. The van der Waals surface area contributed by atoms with Gasteiger partial charge in [0, 0.05) is 36.6 Å². The topological polar surface area (TPSA) is 85.3 Å². The first-order valence-corrected chi connectivity index (χ1v) is 15.0. The summed E-state index contributed by atoms with van der Waals surface area (Å²) >= 11 is 3.49. The average molecular weight is 595 g/mol. The number of aldehydes is 1. The van der Waals surface area contributed by atoms with Crippen LogP contribution in [0.4, 0.5) is 0 Å². The van der Waals surface area contributed by atoms with E-state index < -0.39 is 28.5 Å². The lowest BCUT2D eigenvalue weighted by atomic mass is 9.43. The van der Waals surface area contributed by atoms with Crippen LogP contribution in [0, 0.1) is 45.8 Å². The molecule has 5 rings (SSSR count). The van der Waals surface area contributed by atoms with Crippen LogP contribution in [0.1, 0.15) is 53.4 Å². The van der Waals surface area contributed by atoms with Gasteiger partial charge in [-0.05, 0) is 55.8 Å². The summed E-state index contributed by atoms with van der Waals surface area (Å²) in [6, 6.07) is 0. The zero-order chi connectivity index (χ0) is 27.6. The minimum absolute atomic E-state index is 0.00680. The molecule has 7 nitrogen and oxygen atoms in total. The molecule has 3 saturated carbocycles. The zero-order valence-corrected chi connectivity index (χ0v) is 25.0. The molecule has 0 aromatic heterocycles. The van der Waals surface area contributed by atoms with Gasteiger partial charge in [-0.15, -0.1) is 0 Å². The van der Waals surface area contributed by atoms with E-state index in [0.29, 0.717) is 37.9 Å². The van der Waals surface area contributed by atoms with Crippen molar-refractivity contribution in [2.45, 2.75) is 71.9 Å². The van der Waals surface area contributed by atoms with E-state index in [4.69, 9.17) is 14.2 Å². The van der Waals surface area contributed by atoms with E-state index in [1.54, 1.807) is 7.11 Å². The number of hydrogen-bond acceptors (Lipinski definition) is 6. The molecule has 212 valence electrons. The number of carbonyl (C=O) groups is 2. The van der Waals surface area contributed by atoms with Crippen LogP contribution in [0.25, 0.3) is 0 Å². The first-order valence-electron chi connectivity index (χ1n) is 14.2. The summed E-state index contributed by atoms with van der Waals surface area (Å²) in [6.45, 7) is 14.5. The lowest BCUT2D eigenvalue weighted by Gasteiger charge is -2.58. The Labute approximate surface area is 235 Å². The van der Waals surface area contributed by atoms with Gasteiger partial charge in [-0.1, -0.05) is 61.4 Å². The van der Waals surface area contributed by atoms with Gasteiger partial charge in [0.25, 0.3) is 0 Å². The van der Waals surface area contributed by atoms with Crippen LogP contribution in [0.5, 0.6) is 0 Å². The second-order valence-electron chi connectivity index (χ2n) is 13.1. The van der Waals surface area contributed by atoms with Crippen LogP contribution >= 0.6 is 15.9 Å². The van der Waals surface area contributed by atoms with E-state index in [0.717, 1.165) is 35.6 Å². The fourth-order valence-electron chi connectivity index (χ4n) is 9.66. The third-order valence-corrected chi connectivity index (χ3v) is 11.3. The molecule has 0 spiro atoms. The Kier molecular flexibility index (Phi) is 7.56. The van der Waals surface area contributed by atoms with Crippen molar-refractivity contribution < 1.29 is 28.9 Å². The summed E-state index contributed by atoms with van der Waals surface area (Å²) in [5, 5.41) is 11.2. The average Bonchev–Trinajstić information content (AvgIpc) is 3.37. The summed E-state index contributed by atoms with van der Waals surface area (Å²) in [5.41, 5.74) is -1.85. The first kappa shape index (κ1) is 28.5. The summed E-state index contributed by atoms with van der Waals surface area (Å²) in [6.07, 6.45) is 5.82. The predicted molar refractivity (Wildman–Crippen MR) is 148 cm³/mol. The molecule has 8 heteroatoms. The van der Waals surface area contributed by atoms with Crippen LogP contribution in [-0.2, 0) is 23.8 Å². The number of hydrogen-bond donors (Lipinski definition) is 1. The van der Waals surface area contributed by atoms with Crippen molar-refractivity contribution in [1.82, 2.24) is 4.90 Å². The molecule has 5 aliphatic rings. The van der Waals surface area contributed by atoms with E-state index in [1.165, 1.54) is 0 Å². The van der Waals surface area contributed by atoms with Crippen LogP contribution < -0.4 is 0 Å². The lowest BCUT2D eigenvalue weighted by molar-refractivity contribution is -0.219. The Morgan fingerprint density at radius 1 is 1.32 bits per heavy atom. The third kappa shape index (κ3) is 3.80. The minimum atomic E-state index is -1.24. The normalized spacial score (nSPS) is 46.1. The van der Waals surface area contributed by atoms with Crippen molar-refractivity contribution >= 4 is 28.2 Å². The highest BCUT2D eigenvalue weighted by Crippen LogP contribution is 2.82. The smallest absolute Gasteiger partial charge is 0.315 e. The lowest BCUT2D eigenvalue weighted by Crippen LogP contribution is -2.63. The Bertz CT molecular complexity index is 1010. The fourth-order valence-corrected chi connectivity index (χ4v) is 10.0. The molecule has 4 bridgehead atoms. The molecule has 1 N–H and O–H groups in total. The number of rotatable bonds is 9. The summed E-state index contributed by atoms with van der Waals surface area (Å²) in [7, 11) is 1.69. The number of fused-ring (bicyclic) bond motifs is 2. The number of halogens is 1. The molecular formula is C30H44BrNO6. The van der Waals surface area contributed by atoms with Gasteiger partial charge >= 0.3 is 5.97 Å². The summed E-state index contributed by atoms with van der Waals surface area (Å²) < 4.78 is 19.6. The number of carbonyl (C=O) groups excluding carboxylic acids is 1. The third-order valence-electron chi connectivity index (χ3n) is 11.1. The maximum absolute atomic E-state index is 13.6. The van der Waals surface area contributed by atoms with Crippen molar-refractivity contribution in [1.29, 1.82) is 0 Å². The van der Waals surface area contributed by atoms with Crippen molar-refractivity contribution in [3.8, 4) is 0 Å². The van der Waals surface area contributed by atoms with Crippen LogP contribution in [0.3, 0.4) is 0 Å². The number of carboxylic acid groups (broad SMARTS) is 1. The second kappa shape index (κ2) is 10.1. The molecule has 1 heterocycles. The van der Waals surface area contributed by atoms with Gasteiger partial charge in [-0.2, -0.15) is 0 Å². The van der Waals surface area contributed by atoms with Crippen molar-refractivity contribution in [3.05, 3.63) is 22.7 Å². The standard InChI is InChI=1S/C30H44BrNO6/c1-17(2)24-9-21-10-28(15-33)23-8-7-18(3)22(23)11-29(21,30(24,28)27(34)35)16-37-26-14-32(12-19(4)31)13-25(36-6)20(5)38-26/h9,15,17-18,20-23,25-26H,4,7-8,10-14,16H2,1-3,5-6H3,(H,34,35)/t18-,20-,21?,22-,23-,25+,26-,28+,29?,30+/m1/s1. The zero-order valence-electron chi connectivity index (χ0n) is 23.5. The number of allylic oxidation sites excluding steroid dienone is 1. The highest BCUT2D eigenvalue weighted by molar-refractivity contribution is 9.11. The molecule has 1 aliphatic heterocycles. The molecule has 0 amide bonds. The Morgan fingerprint density at radius 3 is 2.66 bits per heavy atom. The molecule has 4 aliphatic carbocycles. The number of ether oxygens (including phenoxy) is 3. The Hall–Kier alpha value is -1.06. The van der Waals surface area contributed by atoms with E-state index in [2.05, 4.69) is 54.3 Å². The van der Waals surface area contributed by atoms with Crippen molar-refractivity contribution in [2.75, 3.05) is 33.4 Å². The van der Waals surface area contributed by atoms with Crippen LogP contribution in [-0.4, -0.2) is 74.1 Å². The number of carboxylic acids is 1. The van der Waals surface area contributed by atoms with Gasteiger partial charge < -0.3 is 24.1 Å². The molecule has 0 radical (unpaired) electrons. The van der Waals surface area contributed by atoms with Crippen molar-refractivity contribution in [2.24, 2.45) is 45.8 Å². The van der Waals surface area contributed by atoms with E-state index in [9.17, 15) is 14.7 Å². The van der Waals surface area contributed by atoms with E-state index in [-0.39, 0.29) is 36.6 Å². The second-order valence-corrected chi connectivity index (χ2v) is 14.2. The van der Waals surface area contributed by atoms with Gasteiger partial charge in [0.15, 0.2) is 6.29 Å². The van der Waals surface area contributed by atoms with E-state index >= 15 is 0 Å². The van der Waals surface area contributed by atoms with E-state index in [1.807, 2.05) is 6.92 Å². The van der Waals surface area contributed by atoms with Crippen LogP contribution in [0.2, 0.25) is 0 Å². The summed E-state index contributed by atoms with van der Waals surface area (Å²) in [5.74, 6) is 0.125. The Balaban J connectivity index is 1.53. The van der Waals surface area contributed by atoms with Gasteiger partial charge in [0.1, 0.15) is 11.7 Å². The quantitative estimate of drug-likeness (QED) is 0.300. The maximum Gasteiger partial charge on any atom is 0.315 e. The minimum Gasteiger partial charge on any atom is -0.481 e. The molecule has 10 atom stereocenters. The molecule has 0 aromatic carbocycles. The molecule has 2 unspecified atom stereocenters. The highest BCUT2D eigenvalue weighted by atomic mass is 79.9. The monoisotopic (exact) mass is 593 g/mol. The van der Waals surface area contributed by atoms with Gasteiger partial charge in [-0.3, -0.25) is 9.69 Å². The van der Waals surface area contributed by atoms with Gasteiger partial charge in [0.05, 0.1) is 24.2 Å². The highest BCUT2D eigenvalue weighted by Gasteiger charge is 2.84. The van der Waals surface area contributed by atoms with Crippen LogP contribution in [0.15, 0.2) is 22.7 Å². The maximum atomic E-state index is 13.6. The Morgan fingerprint density at radius 2 is 2.05 bits per heavy atom. The molecule has 4 fully saturated rings. The molecule has 1 saturated heterocycles. The number of aliphatic carboxylic acids is 1. The molecular weight excluding hydrogens is 550 g/mol. The van der Waals surface area contributed by atoms with Gasteiger partial charge in [0.2, 0.25) is 0 Å². The number of methoxy groups -OCH3 is 1. The van der Waals surface area contributed by atoms with Crippen molar-refractivity contribution in [3.63, 3.8) is 0 Å².